The van der Waals surface area contributed by atoms with Gasteiger partial charge in [-0.25, -0.2) is 0 Å². The molecule has 0 radical (unpaired) electrons. The Balaban J connectivity index is 1.67. The van der Waals surface area contributed by atoms with Crippen LogP contribution in [-0.4, -0.2) is 16.6 Å². The van der Waals surface area contributed by atoms with Crippen LogP contribution in [-0.2, 0) is 12.0 Å². The van der Waals surface area contributed by atoms with Gasteiger partial charge >= 0.3 is 0 Å². The Labute approximate surface area is 178 Å². The maximum atomic E-state index is 10.5. The molecular weight excluding hydrogens is 372 g/mol. The quantitative estimate of drug-likeness (QED) is 0.377. The van der Waals surface area contributed by atoms with E-state index in [1.165, 1.54) is 5.56 Å². The van der Waals surface area contributed by atoms with Crippen molar-refractivity contribution in [2.75, 3.05) is 22.5 Å². The molecule has 4 N–H and O–H groups in total. The zero-order chi connectivity index (χ0) is 21.6. The lowest BCUT2D eigenvalue weighted by molar-refractivity contribution is 0.0793. The second kappa shape index (κ2) is 9.46. The average molecular weight is 403 g/mol. The minimum atomic E-state index is -0.928. The van der Waals surface area contributed by atoms with Crippen LogP contribution < -0.4 is 16.0 Å². The highest BCUT2D eigenvalue weighted by atomic mass is 16.3. The van der Waals surface area contributed by atoms with Gasteiger partial charge in [-0.1, -0.05) is 24.8 Å². The number of aliphatic hydroxyl groups is 1. The van der Waals surface area contributed by atoms with Gasteiger partial charge in [0.1, 0.15) is 0 Å². The molecule has 0 spiro atoms. The molecule has 0 atom stereocenters. The van der Waals surface area contributed by atoms with Gasteiger partial charge in [0.25, 0.3) is 0 Å². The summed E-state index contributed by atoms with van der Waals surface area (Å²) < 4.78 is 0. The first kappa shape index (κ1) is 21.4. The second-order valence-corrected chi connectivity index (χ2v) is 7.81. The number of aryl methyl sites for hydroxylation is 1. The number of nitrogens with zero attached hydrogens (tertiary/aromatic N) is 1. The normalized spacial score (nSPS) is 11.1. The Morgan fingerprint density at radius 3 is 2.50 bits per heavy atom. The van der Waals surface area contributed by atoms with Gasteiger partial charge in [-0.15, -0.1) is 0 Å². The largest absolute Gasteiger partial charge is 0.386 e. The summed E-state index contributed by atoms with van der Waals surface area (Å²) in [4.78, 5) is 4.04. The van der Waals surface area contributed by atoms with Gasteiger partial charge < -0.3 is 21.1 Å². The number of anilines is 4. The fourth-order valence-corrected chi connectivity index (χ4v) is 3.46. The van der Waals surface area contributed by atoms with E-state index in [4.69, 9.17) is 0 Å². The van der Waals surface area contributed by atoms with Crippen LogP contribution in [0.5, 0.6) is 0 Å². The first-order valence-electron chi connectivity index (χ1n) is 10.1. The van der Waals surface area contributed by atoms with E-state index in [2.05, 4.69) is 58.7 Å². The molecule has 156 valence electrons. The molecule has 3 aromatic rings. The Morgan fingerprint density at radius 1 is 1.07 bits per heavy atom. The number of nitrogens with one attached hydrogen (secondary N) is 3. The van der Waals surface area contributed by atoms with Crippen molar-refractivity contribution >= 4 is 22.7 Å². The third-order valence-corrected chi connectivity index (χ3v) is 4.96. The van der Waals surface area contributed by atoms with Crippen molar-refractivity contribution in [3.63, 3.8) is 0 Å². The molecule has 3 rings (SSSR count). The zero-order valence-electron chi connectivity index (χ0n) is 17.9. The Kier molecular flexibility index (Phi) is 6.75. The van der Waals surface area contributed by atoms with Crippen LogP contribution in [0.2, 0.25) is 0 Å². The summed E-state index contributed by atoms with van der Waals surface area (Å²) in [7, 11) is 0. The minimum Gasteiger partial charge on any atom is -0.386 e. The fraction of sp³-hybridized carbons (Fsp3) is 0.240. The first-order valence-corrected chi connectivity index (χ1v) is 10.1. The smallest absolute Gasteiger partial charge is 0.0860 e. The monoisotopic (exact) mass is 402 g/mol. The van der Waals surface area contributed by atoms with Gasteiger partial charge in [0, 0.05) is 47.3 Å². The van der Waals surface area contributed by atoms with Crippen molar-refractivity contribution < 1.29 is 5.11 Å². The lowest BCUT2D eigenvalue weighted by atomic mass is 9.93. The molecule has 0 aliphatic heterocycles. The number of benzene rings is 2. The Hall–Kier alpha value is -3.31. The summed E-state index contributed by atoms with van der Waals surface area (Å²) in [6.45, 7) is 10.2. The lowest BCUT2D eigenvalue weighted by Crippen LogP contribution is -2.19. The molecule has 5 heteroatoms. The SMILES string of the molecule is C=CNc1c(CCNc2ccc(Nc3ccncc3)cc2C)cccc1C(C)(C)O. The number of aromatic nitrogens is 1. The molecule has 0 aliphatic rings. The molecule has 5 nitrogen and oxygen atoms in total. The van der Waals surface area contributed by atoms with Gasteiger partial charge in [-0.2, -0.15) is 0 Å². The van der Waals surface area contributed by atoms with Gasteiger partial charge in [-0.3, -0.25) is 4.98 Å². The highest BCUT2D eigenvalue weighted by molar-refractivity contribution is 5.65. The molecular formula is C25H30N4O. The molecule has 0 saturated heterocycles. The van der Waals surface area contributed by atoms with E-state index in [1.54, 1.807) is 32.4 Å². The summed E-state index contributed by atoms with van der Waals surface area (Å²) in [6, 6.07) is 16.2. The van der Waals surface area contributed by atoms with Crippen LogP contribution in [0.4, 0.5) is 22.7 Å². The second-order valence-electron chi connectivity index (χ2n) is 7.81. The van der Waals surface area contributed by atoms with Crippen molar-refractivity contribution in [1.29, 1.82) is 0 Å². The molecule has 0 aliphatic carbocycles. The van der Waals surface area contributed by atoms with Crippen LogP contribution in [0.25, 0.3) is 0 Å². The average Bonchev–Trinajstić information content (AvgIpc) is 2.71. The maximum Gasteiger partial charge on any atom is 0.0860 e. The summed E-state index contributed by atoms with van der Waals surface area (Å²) in [5, 5.41) is 20.6. The standard InChI is InChI=1S/C25H30N4O/c1-5-27-24-19(7-6-8-22(24)25(3,4)30)11-16-28-23-10-9-21(17-18(23)2)29-20-12-14-26-15-13-20/h5-10,12-15,17,27-28,30H,1,11,16H2,2-4H3,(H,26,29). The fourth-order valence-electron chi connectivity index (χ4n) is 3.46. The molecule has 0 fully saturated rings. The minimum absolute atomic E-state index is 0.777. The summed E-state index contributed by atoms with van der Waals surface area (Å²) in [6.07, 6.45) is 6.01. The number of para-hydroxylation sites is 1. The predicted molar refractivity (Wildman–Crippen MR) is 126 cm³/mol. The highest BCUT2D eigenvalue weighted by Gasteiger charge is 2.21. The van der Waals surface area contributed by atoms with Crippen LogP contribution in [0.1, 0.15) is 30.5 Å². The van der Waals surface area contributed by atoms with Gasteiger partial charge in [0.05, 0.1) is 5.60 Å². The molecule has 0 unspecified atom stereocenters. The first-order chi connectivity index (χ1) is 14.4. The van der Waals surface area contributed by atoms with Gasteiger partial charge in [-0.05, 0) is 74.9 Å². The molecule has 0 saturated carbocycles. The third-order valence-electron chi connectivity index (χ3n) is 4.96. The number of pyridine rings is 1. The molecule has 1 aromatic heterocycles. The van der Waals surface area contributed by atoms with E-state index in [9.17, 15) is 5.11 Å². The molecule has 1 heterocycles. The highest BCUT2D eigenvalue weighted by Crippen LogP contribution is 2.31. The topological polar surface area (TPSA) is 69.2 Å². The summed E-state index contributed by atoms with van der Waals surface area (Å²) >= 11 is 0. The van der Waals surface area contributed by atoms with Crippen molar-refractivity contribution in [3.8, 4) is 0 Å². The van der Waals surface area contributed by atoms with Crippen molar-refractivity contribution in [2.45, 2.75) is 32.8 Å². The zero-order valence-corrected chi connectivity index (χ0v) is 17.9. The van der Waals surface area contributed by atoms with E-state index >= 15 is 0 Å². The number of hydrogen-bond acceptors (Lipinski definition) is 5. The number of rotatable bonds is 9. The van der Waals surface area contributed by atoms with Crippen LogP contribution in [0, 0.1) is 6.92 Å². The molecule has 30 heavy (non-hydrogen) atoms. The Bertz CT molecular complexity index is 994. The maximum absolute atomic E-state index is 10.5. The lowest BCUT2D eigenvalue weighted by Gasteiger charge is -2.24. The molecule has 0 amide bonds. The van der Waals surface area contributed by atoms with Crippen molar-refractivity contribution in [3.05, 3.63) is 90.4 Å². The van der Waals surface area contributed by atoms with Crippen LogP contribution in [0.15, 0.2) is 73.7 Å². The van der Waals surface area contributed by atoms with Crippen molar-refractivity contribution in [2.24, 2.45) is 0 Å². The van der Waals surface area contributed by atoms with E-state index < -0.39 is 5.60 Å². The molecule has 2 aromatic carbocycles. The number of hydrogen-bond donors (Lipinski definition) is 4. The summed E-state index contributed by atoms with van der Waals surface area (Å²) in [5.74, 6) is 0. The van der Waals surface area contributed by atoms with Crippen molar-refractivity contribution in [1.82, 2.24) is 4.98 Å². The van der Waals surface area contributed by atoms with Gasteiger partial charge in [0.15, 0.2) is 0 Å². The van der Waals surface area contributed by atoms with E-state index in [0.29, 0.717) is 0 Å². The van der Waals surface area contributed by atoms with Gasteiger partial charge in [0.2, 0.25) is 0 Å². The Morgan fingerprint density at radius 2 is 1.83 bits per heavy atom. The summed E-state index contributed by atoms with van der Waals surface area (Å²) in [5.41, 5.74) is 6.33. The third kappa shape index (κ3) is 5.39. The van der Waals surface area contributed by atoms with E-state index in [0.717, 1.165) is 46.8 Å². The van der Waals surface area contributed by atoms with Crippen LogP contribution in [0.3, 0.4) is 0 Å². The predicted octanol–water partition coefficient (Wildman–Crippen LogP) is 5.57. The van der Waals surface area contributed by atoms with E-state index in [1.807, 2.05) is 24.3 Å². The molecule has 0 bridgehead atoms. The van der Waals surface area contributed by atoms with Crippen LogP contribution >= 0.6 is 0 Å². The van der Waals surface area contributed by atoms with E-state index in [-0.39, 0.29) is 0 Å².